The van der Waals surface area contributed by atoms with Crippen molar-refractivity contribution in [2.75, 3.05) is 36.4 Å². The standard InChI is InChI=1S/C20H21N3O2/c24-19-14-17(16-8-4-5-9-18(16)21-19)20(25)23-12-10-22(11-13-23)15-6-2-1-3-7-15/h1-9,17H,10-14H2,(H,21,24). The van der Waals surface area contributed by atoms with Crippen LogP contribution in [0.3, 0.4) is 0 Å². The van der Waals surface area contributed by atoms with Crippen LogP contribution in [0.2, 0.25) is 0 Å². The number of hydrogen-bond donors (Lipinski definition) is 1. The fraction of sp³-hybridized carbons (Fsp3) is 0.300. The van der Waals surface area contributed by atoms with Crippen LogP contribution in [-0.4, -0.2) is 42.9 Å². The van der Waals surface area contributed by atoms with E-state index in [1.807, 2.05) is 47.4 Å². The van der Waals surface area contributed by atoms with Gasteiger partial charge in [0, 0.05) is 44.0 Å². The van der Waals surface area contributed by atoms with E-state index in [0.29, 0.717) is 13.1 Å². The molecule has 2 aromatic carbocycles. The number of fused-ring (bicyclic) bond motifs is 1. The Labute approximate surface area is 147 Å². The van der Waals surface area contributed by atoms with E-state index in [0.717, 1.165) is 24.3 Å². The van der Waals surface area contributed by atoms with Crippen LogP contribution in [0.5, 0.6) is 0 Å². The third kappa shape index (κ3) is 3.09. The van der Waals surface area contributed by atoms with Gasteiger partial charge in [-0.3, -0.25) is 9.59 Å². The van der Waals surface area contributed by atoms with Crippen molar-refractivity contribution in [3.63, 3.8) is 0 Å². The van der Waals surface area contributed by atoms with Gasteiger partial charge in [-0.25, -0.2) is 0 Å². The number of amides is 2. The molecule has 5 heteroatoms. The summed E-state index contributed by atoms with van der Waals surface area (Å²) in [6.07, 6.45) is 0.231. The van der Waals surface area contributed by atoms with E-state index in [1.165, 1.54) is 5.69 Å². The summed E-state index contributed by atoms with van der Waals surface area (Å²) in [7, 11) is 0. The summed E-state index contributed by atoms with van der Waals surface area (Å²) >= 11 is 0. The predicted octanol–water partition coefficient (Wildman–Crippen LogP) is 2.46. The lowest BCUT2D eigenvalue weighted by Crippen LogP contribution is -2.50. The van der Waals surface area contributed by atoms with Crippen molar-refractivity contribution in [2.24, 2.45) is 0 Å². The quantitative estimate of drug-likeness (QED) is 0.917. The van der Waals surface area contributed by atoms with Crippen molar-refractivity contribution >= 4 is 23.2 Å². The summed E-state index contributed by atoms with van der Waals surface area (Å²) in [5.74, 6) is -0.386. The zero-order valence-corrected chi connectivity index (χ0v) is 14.0. The minimum absolute atomic E-state index is 0.0648. The van der Waals surface area contributed by atoms with Crippen molar-refractivity contribution in [2.45, 2.75) is 12.3 Å². The van der Waals surface area contributed by atoms with Gasteiger partial charge in [0.1, 0.15) is 0 Å². The molecule has 2 aliphatic heterocycles. The number of rotatable bonds is 2. The Morgan fingerprint density at radius 1 is 0.920 bits per heavy atom. The Morgan fingerprint density at radius 2 is 1.60 bits per heavy atom. The van der Waals surface area contributed by atoms with Gasteiger partial charge in [0.05, 0.1) is 5.92 Å². The van der Waals surface area contributed by atoms with Crippen LogP contribution in [-0.2, 0) is 9.59 Å². The minimum atomic E-state index is -0.367. The highest BCUT2D eigenvalue weighted by Gasteiger charge is 2.34. The molecule has 1 unspecified atom stereocenters. The first kappa shape index (κ1) is 15.7. The first-order valence-corrected chi connectivity index (χ1v) is 8.70. The van der Waals surface area contributed by atoms with Crippen molar-refractivity contribution < 1.29 is 9.59 Å². The Hall–Kier alpha value is -2.82. The summed E-state index contributed by atoms with van der Waals surface area (Å²) in [6.45, 7) is 3.01. The summed E-state index contributed by atoms with van der Waals surface area (Å²) in [6, 6.07) is 17.9. The number of anilines is 2. The van der Waals surface area contributed by atoms with Crippen LogP contribution in [0.1, 0.15) is 17.9 Å². The fourth-order valence-electron chi connectivity index (χ4n) is 3.68. The van der Waals surface area contributed by atoms with E-state index in [4.69, 9.17) is 0 Å². The van der Waals surface area contributed by atoms with Gasteiger partial charge in [-0.1, -0.05) is 36.4 Å². The number of hydrogen-bond acceptors (Lipinski definition) is 3. The van der Waals surface area contributed by atoms with Gasteiger partial charge in [-0.2, -0.15) is 0 Å². The molecule has 25 heavy (non-hydrogen) atoms. The normalized spacial score (nSPS) is 20.0. The molecule has 128 valence electrons. The number of nitrogens with one attached hydrogen (secondary N) is 1. The second-order valence-electron chi connectivity index (χ2n) is 6.54. The molecule has 0 aromatic heterocycles. The number of nitrogens with zero attached hydrogens (tertiary/aromatic N) is 2. The van der Waals surface area contributed by atoms with Gasteiger partial charge in [0.25, 0.3) is 0 Å². The fourth-order valence-corrected chi connectivity index (χ4v) is 3.68. The number of carbonyl (C=O) groups is 2. The Kier molecular flexibility index (Phi) is 4.14. The molecule has 2 amide bonds. The summed E-state index contributed by atoms with van der Waals surface area (Å²) in [5.41, 5.74) is 2.88. The first-order chi connectivity index (χ1) is 12.2. The van der Waals surface area contributed by atoms with E-state index in [2.05, 4.69) is 22.3 Å². The third-order valence-corrected chi connectivity index (χ3v) is 5.01. The SMILES string of the molecule is O=C1CC(C(=O)N2CCN(c3ccccc3)CC2)c2ccccc2N1. The number of piperazine rings is 1. The summed E-state index contributed by atoms with van der Waals surface area (Å²) < 4.78 is 0. The monoisotopic (exact) mass is 335 g/mol. The van der Waals surface area contributed by atoms with Crippen LogP contribution < -0.4 is 10.2 Å². The zero-order chi connectivity index (χ0) is 17.2. The topological polar surface area (TPSA) is 52.7 Å². The van der Waals surface area contributed by atoms with Gasteiger partial charge in [-0.05, 0) is 23.8 Å². The minimum Gasteiger partial charge on any atom is -0.368 e. The van der Waals surface area contributed by atoms with Gasteiger partial charge >= 0.3 is 0 Å². The van der Waals surface area contributed by atoms with Crippen molar-refractivity contribution in [3.8, 4) is 0 Å². The van der Waals surface area contributed by atoms with E-state index >= 15 is 0 Å². The molecule has 2 aliphatic rings. The molecular formula is C20H21N3O2. The predicted molar refractivity (Wildman–Crippen MR) is 97.7 cm³/mol. The molecule has 0 saturated carbocycles. The molecule has 1 saturated heterocycles. The summed E-state index contributed by atoms with van der Waals surface area (Å²) in [4.78, 5) is 29.2. The maximum Gasteiger partial charge on any atom is 0.230 e. The molecule has 0 spiro atoms. The van der Waals surface area contributed by atoms with Crippen LogP contribution in [0.25, 0.3) is 0 Å². The van der Waals surface area contributed by atoms with Crippen LogP contribution in [0, 0.1) is 0 Å². The van der Waals surface area contributed by atoms with Gasteiger partial charge in [-0.15, -0.1) is 0 Å². The molecule has 1 fully saturated rings. The molecule has 1 N–H and O–H groups in total. The molecule has 0 bridgehead atoms. The van der Waals surface area contributed by atoms with Gasteiger partial charge in [0.2, 0.25) is 11.8 Å². The van der Waals surface area contributed by atoms with E-state index in [-0.39, 0.29) is 24.2 Å². The molecule has 0 aliphatic carbocycles. The second kappa shape index (κ2) is 6.59. The maximum absolute atomic E-state index is 13.0. The van der Waals surface area contributed by atoms with Crippen molar-refractivity contribution in [1.82, 2.24) is 4.90 Å². The Bertz CT molecular complexity index is 783. The van der Waals surface area contributed by atoms with E-state index in [1.54, 1.807) is 0 Å². The molecule has 2 aromatic rings. The second-order valence-corrected chi connectivity index (χ2v) is 6.54. The number of carbonyl (C=O) groups excluding carboxylic acids is 2. The average molecular weight is 335 g/mol. The first-order valence-electron chi connectivity index (χ1n) is 8.70. The third-order valence-electron chi connectivity index (χ3n) is 5.01. The van der Waals surface area contributed by atoms with Gasteiger partial charge < -0.3 is 15.1 Å². The average Bonchev–Trinajstić information content (AvgIpc) is 2.67. The number of para-hydroxylation sites is 2. The lowest BCUT2D eigenvalue weighted by molar-refractivity contribution is -0.135. The number of benzene rings is 2. The summed E-state index contributed by atoms with van der Waals surface area (Å²) in [5, 5.41) is 2.86. The van der Waals surface area contributed by atoms with Gasteiger partial charge in [0.15, 0.2) is 0 Å². The van der Waals surface area contributed by atoms with Crippen LogP contribution in [0.15, 0.2) is 54.6 Å². The highest BCUT2D eigenvalue weighted by Crippen LogP contribution is 2.33. The zero-order valence-electron chi connectivity index (χ0n) is 14.0. The lowest BCUT2D eigenvalue weighted by atomic mass is 9.89. The van der Waals surface area contributed by atoms with Crippen molar-refractivity contribution in [1.29, 1.82) is 0 Å². The largest absolute Gasteiger partial charge is 0.368 e. The molecule has 5 nitrogen and oxygen atoms in total. The van der Waals surface area contributed by atoms with Crippen LogP contribution in [0.4, 0.5) is 11.4 Å². The van der Waals surface area contributed by atoms with E-state index in [9.17, 15) is 9.59 Å². The highest BCUT2D eigenvalue weighted by atomic mass is 16.2. The smallest absolute Gasteiger partial charge is 0.230 e. The highest BCUT2D eigenvalue weighted by molar-refractivity contribution is 6.01. The molecule has 1 atom stereocenters. The Morgan fingerprint density at radius 3 is 2.36 bits per heavy atom. The van der Waals surface area contributed by atoms with Crippen LogP contribution >= 0.6 is 0 Å². The molecule has 4 rings (SSSR count). The lowest BCUT2D eigenvalue weighted by Gasteiger charge is -2.38. The van der Waals surface area contributed by atoms with Crippen molar-refractivity contribution in [3.05, 3.63) is 60.2 Å². The maximum atomic E-state index is 13.0. The van der Waals surface area contributed by atoms with E-state index < -0.39 is 0 Å². The molecular weight excluding hydrogens is 314 g/mol. The molecule has 0 radical (unpaired) electrons. The molecule has 2 heterocycles. The Balaban J connectivity index is 1.47.